The monoisotopic (exact) mass is 361 g/mol. The van der Waals surface area contributed by atoms with E-state index in [9.17, 15) is 9.59 Å². The lowest BCUT2D eigenvalue weighted by molar-refractivity contribution is -0.139. The van der Waals surface area contributed by atoms with Crippen molar-refractivity contribution in [3.63, 3.8) is 0 Å². The van der Waals surface area contributed by atoms with Crippen LogP contribution in [-0.2, 0) is 25.5 Å². The van der Waals surface area contributed by atoms with Crippen molar-refractivity contribution >= 4 is 11.8 Å². The number of hydrogen-bond donors (Lipinski definition) is 2. The normalized spacial score (nSPS) is 18.2. The first-order chi connectivity index (χ1) is 12.5. The molecule has 7 heteroatoms. The van der Waals surface area contributed by atoms with Crippen LogP contribution in [0.4, 0.5) is 0 Å². The van der Waals surface area contributed by atoms with E-state index in [-0.39, 0.29) is 12.1 Å². The molecule has 0 radical (unpaired) electrons. The molecule has 1 aliphatic rings. The van der Waals surface area contributed by atoms with E-state index in [1.165, 1.54) is 0 Å². The quantitative estimate of drug-likeness (QED) is 0.716. The van der Waals surface area contributed by atoms with Gasteiger partial charge in [-0.3, -0.25) is 14.6 Å². The molecule has 2 rings (SSSR count). The fourth-order valence-electron chi connectivity index (χ4n) is 2.98. The van der Waals surface area contributed by atoms with E-state index >= 15 is 0 Å². The van der Waals surface area contributed by atoms with Crippen LogP contribution in [0.1, 0.15) is 31.9 Å². The third kappa shape index (κ3) is 5.84. The average molecular weight is 361 g/mol. The lowest BCUT2D eigenvalue weighted by Crippen LogP contribution is -2.45. The van der Waals surface area contributed by atoms with Crippen LogP contribution in [0, 0.1) is 0 Å². The summed E-state index contributed by atoms with van der Waals surface area (Å²) in [7, 11) is 3.29. The van der Waals surface area contributed by atoms with Gasteiger partial charge < -0.3 is 20.1 Å². The zero-order chi connectivity index (χ0) is 18.9. The number of methoxy groups -OCH3 is 2. The number of nitrogens with one attached hydrogen (secondary N) is 2. The van der Waals surface area contributed by atoms with E-state index < -0.39 is 11.8 Å². The Hall–Kier alpha value is -2.41. The van der Waals surface area contributed by atoms with Gasteiger partial charge in [-0.2, -0.15) is 0 Å². The molecule has 0 bridgehead atoms. The molecule has 1 aliphatic carbocycles. The highest BCUT2D eigenvalue weighted by Crippen LogP contribution is 2.26. The standard InChI is InChI=1S/C19H27N3O4/c1-13(10-15-6-4-5-9-20-15)22-19(24)18(23)21-12-14-7-8-16(25-2)11-17(14)26-3/h4-6,9,13,16H,7-8,10-12H2,1-3H3,(H,21,23)(H,22,24). The molecule has 0 saturated heterocycles. The predicted molar refractivity (Wildman–Crippen MR) is 97.2 cm³/mol. The maximum atomic E-state index is 12.1. The fraction of sp³-hybridized carbons (Fsp3) is 0.526. The molecule has 2 unspecified atom stereocenters. The van der Waals surface area contributed by atoms with Crippen molar-refractivity contribution in [1.29, 1.82) is 0 Å². The summed E-state index contributed by atoms with van der Waals surface area (Å²) in [6.07, 6.45) is 4.75. The summed E-state index contributed by atoms with van der Waals surface area (Å²) in [5.74, 6) is -0.458. The number of hydrogen-bond acceptors (Lipinski definition) is 5. The van der Waals surface area contributed by atoms with E-state index in [1.54, 1.807) is 20.4 Å². The van der Waals surface area contributed by atoms with Gasteiger partial charge in [-0.15, -0.1) is 0 Å². The van der Waals surface area contributed by atoms with Gasteiger partial charge in [-0.05, 0) is 37.5 Å². The molecule has 26 heavy (non-hydrogen) atoms. The number of aromatic nitrogens is 1. The minimum Gasteiger partial charge on any atom is -0.501 e. The average Bonchev–Trinajstić information content (AvgIpc) is 2.66. The van der Waals surface area contributed by atoms with Crippen molar-refractivity contribution in [3.05, 3.63) is 41.4 Å². The van der Waals surface area contributed by atoms with Crippen LogP contribution in [0.2, 0.25) is 0 Å². The van der Waals surface area contributed by atoms with Gasteiger partial charge in [0, 0.05) is 44.4 Å². The van der Waals surface area contributed by atoms with Crippen molar-refractivity contribution < 1.29 is 19.1 Å². The van der Waals surface area contributed by atoms with Gasteiger partial charge in [0.1, 0.15) is 0 Å². The number of amides is 2. The van der Waals surface area contributed by atoms with Crippen LogP contribution >= 0.6 is 0 Å². The molecule has 0 spiro atoms. The molecule has 1 aromatic rings. The number of nitrogens with zero attached hydrogens (tertiary/aromatic N) is 1. The summed E-state index contributed by atoms with van der Waals surface area (Å²) in [5.41, 5.74) is 1.87. The summed E-state index contributed by atoms with van der Waals surface area (Å²) >= 11 is 0. The largest absolute Gasteiger partial charge is 0.501 e. The van der Waals surface area contributed by atoms with Gasteiger partial charge in [0.2, 0.25) is 0 Å². The topological polar surface area (TPSA) is 89.5 Å². The van der Waals surface area contributed by atoms with Gasteiger partial charge in [0.15, 0.2) is 0 Å². The highest BCUT2D eigenvalue weighted by molar-refractivity contribution is 6.35. The minimum absolute atomic E-state index is 0.139. The lowest BCUT2D eigenvalue weighted by atomic mass is 9.95. The van der Waals surface area contributed by atoms with E-state index in [1.807, 2.05) is 25.1 Å². The smallest absolute Gasteiger partial charge is 0.309 e. The van der Waals surface area contributed by atoms with Crippen LogP contribution in [0.25, 0.3) is 0 Å². The third-order valence-electron chi connectivity index (χ3n) is 4.44. The zero-order valence-corrected chi connectivity index (χ0v) is 15.6. The first-order valence-corrected chi connectivity index (χ1v) is 8.79. The van der Waals surface area contributed by atoms with E-state index in [0.29, 0.717) is 19.4 Å². The highest BCUT2D eigenvalue weighted by atomic mass is 16.5. The van der Waals surface area contributed by atoms with Crippen LogP contribution in [0.5, 0.6) is 0 Å². The van der Waals surface area contributed by atoms with E-state index in [4.69, 9.17) is 9.47 Å². The highest BCUT2D eigenvalue weighted by Gasteiger charge is 2.23. The first-order valence-electron chi connectivity index (χ1n) is 8.79. The summed E-state index contributed by atoms with van der Waals surface area (Å²) in [4.78, 5) is 28.3. The second kappa shape index (κ2) is 9.91. The summed E-state index contributed by atoms with van der Waals surface area (Å²) in [5, 5.41) is 5.37. The molecule has 2 N–H and O–H groups in total. The first kappa shape index (κ1) is 19.9. The number of rotatable bonds is 7. The number of carbonyl (C=O) groups is 2. The van der Waals surface area contributed by atoms with Crippen molar-refractivity contribution in [2.75, 3.05) is 20.8 Å². The molecule has 7 nitrogen and oxygen atoms in total. The zero-order valence-electron chi connectivity index (χ0n) is 15.6. The molecule has 0 fully saturated rings. The van der Waals surface area contributed by atoms with Crippen LogP contribution in [0.15, 0.2) is 35.7 Å². The molecule has 2 atom stereocenters. The SMILES string of the molecule is COC1=C(CNC(=O)C(=O)NC(C)Cc2ccccn2)CCC(OC)C1. The minimum atomic E-state index is -0.644. The van der Waals surface area contributed by atoms with Crippen LogP contribution in [-0.4, -0.2) is 49.7 Å². The molecule has 0 aromatic carbocycles. The van der Waals surface area contributed by atoms with Gasteiger partial charge in [-0.1, -0.05) is 6.07 Å². The maximum Gasteiger partial charge on any atom is 0.309 e. The molecule has 142 valence electrons. The van der Waals surface area contributed by atoms with Gasteiger partial charge in [-0.25, -0.2) is 0 Å². The van der Waals surface area contributed by atoms with E-state index in [2.05, 4.69) is 15.6 Å². The number of carbonyl (C=O) groups excluding carboxylic acids is 2. The second-order valence-corrected chi connectivity index (χ2v) is 6.41. The van der Waals surface area contributed by atoms with Crippen molar-refractivity contribution in [1.82, 2.24) is 15.6 Å². The third-order valence-corrected chi connectivity index (χ3v) is 4.44. The molecular formula is C19H27N3O4. The van der Waals surface area contributed by atoms with Crippen molar-refractivity contribution in [2.45, 2.75) is 44.8 Å². The Balaban J connectivity index is 1.81. The summed E-state index contributed by atoms with van der Waals surface area (Å²) < 4.78 is 10.8. The predicted octanol–water partition coefficient (Wildman–Crippen LogP) is 1.34. The molecule has 2 amide bonds. The maximum absolute atomic E-state index is 12.1. The van der Waals surface area contributed by atoms with Gasteiger partial charge in [0.25, 0.3) is 0 Å². The second-order valence-electron chi connectivity index (χ2n) is 6.41. The Bertz CT molecular complexity index is 645. The van der Waals surface area contributed by atoms with Crippen molar-refractivity contribution in [2.24, 2.45) is 0 Å². The molecule has 1 aromatic heterocycles. The van der Waals surface area contributed by atoms with Gasteiger partial charge >= 0.3 is 11.8 Å². The lowest BCUT2D eigenvalue weighted by Gasteiger charge is -2.25. The molecule has 0 aliphatic heterocycles. The Morgan fingerprint density at radius 2 is 2.12 bits per heavy atom. The molecule has 1 heterocycles. The van der Waals surface area contributed by atoms with E-state index in [0.717, 1.165) is 29.9 Å². The van der Waals surface area contributed by atoms with Crippen LogP contribution < -0.4 is 10.6 Å². The number of ether oxygens (including phenoxy) is 2. The Kier molecular flexibility index (Phi) is 7.59. The Morgan fingerprint density at radius 1 is 1.31 bits per heavy atom. The summed E-state index contributed by atoms with van der Waals surface area (Å²) in [6.45, 7) is 2.15. The number of pyridine rings is 1. The van der Waals surface area contributed by atoms with Crippen molar-refractivity contribution in [3.8, 4) is 0 Å². The Morgan fingerprint density at radius 3 is 2.77 bits per heavy atom. The van der Waals surface area contributed by atoms with Crippen LogP contribution in [0.3, 0.4) is 0 Å². The molecule has 0 saturated carbocycles. The molecular weight excluding hydrogens is 334 g/mol. The van der Waals surface area contributed by atoms with Gasteiger partial charge in [0.05, 0.1) is 19.0 Å². The summed E-state index contributed by atoms with van der Waals surface area (Å²) in [6, 6.07) is 5.43. The fourth-order valence-corrected chi connectivity index (χ4v) is 2.98. The Labute approximate surface area is 154 Å².